The zero-order valence-electron chi connectivity index (χ0n) is 16.0. The first kappa shape index (κ1) is 17.0. The fourth-order valence-corrected chi connectivity index (χ4v) is 5.29. The van der Waals surface area contributed by atoms with Gasteiger partial charge in [0, 0.05) is 41.6 Å². The molecule has 6 atom stereocenters. The number of fused-ring (bicyclic) bond motifs is 6. The Morgan fingerprint density at radius 3 is 2.88 bits per heavy atom. The lowest BCUT2D eigenvalue weighted by Gasteiger charge is -2.44. The van der Waals surface area contributed by atoms with Crippen molar-refractivity contribution in [2.45, 2.75) is 58.9 Å². The van der Waals surface area contributed by atoms with Crippen molar-refractivity contribution in [3.63, 3.8) is 0 Å². The van der Waals surface area contributed by atoms with E-state index in [0.717, 1.165) is 30.7 Å². The minimum atomic E-state index is 0.373. The predicted octanol–water partition coefficient (Wildman–Crippen LogP) is 4.91. The second kappa shape index (κ2) is 6.35. The molecule has 0 spiro atoms. The number of nitrogens with zero attached hydrogens (tertiary/aromatic N) is 1. The highest BCUT2D eigenvalue weighted by atomic mass is 16.3. The Labute approximate surface area is 151 Å². The average Bonchev–Trinajstić information content (AvgIpc) is 2.94. The maximum absolute atomic E-state index is 9.94. The van der Waals surface area contributed by atoms with Crippen LogP contribution in [0.2, 0.25) is 0 Å². The zero-order valence-corrected chi connectivity index (χ0v) is 16.0. The fraction of sp³-hybridized carbons (Fsp3) is 0.636. The van der Waals surface area contributed by atoms with E-state index in [-0.39, 0.29) is 0 Å². The third kappa shape index (κ3) is 2.77. The molecule has 4 rings (SSSR count). The van der Waals surface area contributed by atoms with Gasteiger partial charge in [-0.05, 0) is 61.3 Å². The molecular weight excluding hydrogens is 308 g/mol. The first-order valence-corrected chi connectivity index (χ1v) is 10.1. The number of aromatic nitrogens is 1. The van der Waals surface area contributed by atoms with Gasteiger partial charge < -0.3 is 10.1 Å². The van der Waals surface area contributed by atoms with Crippen LogP contribution in [0.3, 0.4) is 0 Å². The van der Waals surface area contributed by atoms with E-state index in [1.165, 1.54) is 41.5 Å². The zero-order chi connectivity index (χ0) is 17.7. The van der Waals surface area contributed by atoms with Crippen LogP contribution in [-0.2, 0) is 6.42 Å². The monoisotopic (exact) mass is 340 g/mol. The highest BCUT2D eigenvalue weighted by Gasteiger charge is 2.40. The average molecular weight is 341 g/mol. The number of aromatic amines is 1. The van der Waals surface area contributed by atoms with E-state index in [4.69, 9.17) is 0 Å². The summed E-state index contributed by atoms with van der Waals surface area (Å²) >= 11 is 0. The van der Waals surface area contributed by atoms with E-state index < -0.39 is 0 Å². The van der Waals surface area contributed by atoms with Gasteiger partial charge in [0.25, 0.3) is 0 Å². The molecule has 3 nitrogen and oxygen atoms in total. The van der Waals surface area contributed by atoms with E-state index in [9.17, 15) is 5.11 Å². The molecule has 2 aliphatic heterocycles. The van der Waals surface area contributed by atoms with Crippen molar-refractivity contribution in [1.29, 1.82) is 0 Å². The first-order chi connectivity index (χ1) is 12.0. The molecule has 1 aromatic carbocycles. The van der Waals surface area contributed by atoms with Gasteiger partial charge in [-0.25, -0.2) is 0 Å². The fourth-order valence-electron chi connectivity index (χ4n) is 5.29. The topological polar surface area (TPSA) is 39.3 Å². The predicted molar refractivity (Wildman–Crippen MR) is 104 cm³/mol. The molecule has 2 bridgehead atoms. The van der Waals surface area contributed by atoms with Gasteiger partial charge in [0.15, 0.2) is 0 Å². The Hall–Kier alpha value is -1.48. The Balaban J connectivity index is 1.73. The van der Waals surface area contributed by atoms with Gasteiger partial charge in [-0.15, -0.1) is 0 Å². The first-order valence-electron chi connectivity index (χ1n) is 10.1. The SMILES string of the molecule is CCC(C)C(C)C1CC2c3[nH]c4ccc(O)cc4c3CCN(C1)C2C. The van der Waals surface area contributed by atoms with Crippen LogP contribution in [0.1, 0.15) is 57.7 Å². The summed E-state index contributed by atoms with van der Waals surface area (Å²) in [4.78, 5) is 6.46. The van der Waals surface area contributed by atoms with Crippen molar-refractivity contribution in [3.8, 4) is 5.75 Å². The van der Waals surface area contributed by atoms with Crippen LogP contribution in [0, 0.1) is 17.8 Å². The molecule has 3 heterocycles. The van der Waals surface area contributed by atoms with Crippen LogP contribution in [0.4, 0.5) is 0 Å². The van der Waals surface area contributed by atoms with E-state index >= 15 is 0 Å². The summed E-state index contributed by atoms with van der Waals surface area (Å²) < 4.78 is 0. The second-order valence-corrected chi connectivity index (χ2v) is 8.58. The molecule has 1 fully saturated rings. The number of piperidine rings is 1. The molecule has 1 aromatic heterocycles. The van der Waals surface area contributed by atoms with Crippen molar-refractivity contribution >= 4 is 10.9 Å². The molecule has 2 N–H and O–H groups in total. The molecule has 25 heavy (non-hydrogen) atoms. The lowest BCUT2D eigenvalue weighted by atomic mass is 9.73. The quantitative estimate of drug-likeness (QED) is 0.833. The van der Waals surface area contributed by atoms with Gasteiger partial charge in [0.05, 0.1) is 0 Å². The molecule has 2 aliphatic rings. The number of hydrogen-bond acceptors (Lipinski definition) is 2. The van der Waals surface area contributed by atoms with Crippen LogP contribution in [0.25, 0.3) is 10.9 Å². The largest absolute Gasteiger partial charge is 0.508 e. The molecule has 1 saturated heterocycles. The van der Waals surface area contributed by atoms with Gasteiger partial charge in [-0.3, -0.25) is 4.90 Å². The minimum Gasteiger partial charge on any atom is -0.508 e. The van der Waals surface area contributed by atoms with Crippen molar-refractivity contribution in [2.24, 2.45) is 17.8 Å². The summed E-state index contributed by atoms with van der Waals surface area (Å²) in [6.07, 6.45) is 3.65. The van der Waals surface area contributed by atoms with Crippen molar-refractivity contribution in [3.05, 3.63) is 29.5 Å². The maximum atomic E-state index is 9.94. The van der Waals surface area contributed by atoms with E-state index in [0.29, 0.717) is 17.7 Å². The number of benzene rings is 1. The molecule has 136 valence electrons. The van der Waals surface area contributed by atoms with Gasteiger partial charge in [-0.1, -0.05) is 27.2 Å². The number of phenolic OH excluding ortho intramolecular Hbond substituents is 1. The molecule has 6 unspecified atom stereocenters. The van der Waals surface area contributed by atoms with Crippen LogP contribution < -0.4 is 0 Å². The lowest BCUT2D eigenvalue weighted by molar-refractivity contribution is 0.0641. The number of rotatable bonds is 3. The van der Waals surface area contributed by atoms with Crippen LogP contribution in [0.5, 0.6) is 5.75 Å². The molecule has 0 saturated carbocycles. The molecule has 2 aromatic rings. The summed E-state index contributed by atoms with van der Waals surface area (Å²) in [6.45, 7) is 12.0. The summed E-state index contributed by atoms with van der Waals surface area (Å²) in [7, 11) is 0. The summed E-state index contributed by atoms with van der Waals surface area (Å²) in [5.74, 6) is 3.30. The normalized spacial score (nSPS) is 31.4. The van der Waals surface area contributed by atoms with Crippen molar-refractivity contribution in [2.75, 3.05) is 13.1 Å². The number of nitrogens with one attached hydrogen (secondary N) is 1. The summed E-state index contributed by atoms with van der Waals surface area (Å²) in [5, 5.41) is 11.2. The maximum Gasteiger partial charge on any atom is 0.116 e. The van der Waals surface area contributed by atoms with Crippen LogP contribution in [-0.4, -0.2) is 34.1 Å². The highest BCUT2D eigenvalue weighted by molar-refractivity contribution is 5.86. The number of H-pyrrole nitrogens is 1. The Morgan fingerprint density at radius 2 is 2.12 bits per heavy atom. The minimum absolute atomic E-state index is 0.373. The van der Waals surface area contributed by atoms with Gasteiger partial charge in [-0.2, -0.15) is 0 Å². The third-order valence-corrected chi connectivity index (χ3v) is 7.41. The van der Waals surface area contributed by atoms with Crippen LogP contribution in [0.15, 0.2) is 18.2 Å². The van der Waals surface area contributed by atoms with E-state index in [1.54, 1.807) is 6.07 Å². The molecule has 0 amide bonds. The number of aromatic hydroxyl groups is 1. The van der Waals surface area contributed by atoms with Gasteiger partial charge >= 0.3 is 0 Å². The molecule has 0 aliphatic carbocycles. The number of phenols is 1. The van der Waals surface area contributed by atoms with Gasteiger partial charge in [0.1, 0.15) is 5.75 Å². The van der Waals surface area contributed by atoms with Crippen molar-refractivity contribution < 1.29 is 5.11 Å². The highest BCUT2D eigenvalue weighted by Crippen LogP contribution is 2.44. The standard InChI is InChI=1S/C22H32N2O/c1-5-13(2)14(3)16-10-19-15(4)24(12-16)9-8-18-20-11-17(25)6-7-21(20)23-22(18)19/h6-7,11,13-16,19,23,25H,5,8-10,12H2,1-4H3. The summed E-state index contributed by atoms with van der Waals surface area (Å²) in [5.41, 5.74) is 4.07. The Morgan fingerprint density at radius 1 is 1.32 bits per heavy atom. The van der Waals surface area contributed by atoms with Gasteiger partial charge in [0.2, 0.25) is 0 Å². The second-order valence-electron chi connectivity index (χ2n) is 8.58. The molecule has 0 radical (unpaired) electrons. The Kier molecular flexibility index (Phi) is 4.31. The smallest absolute Gasteiger partial charge is 0.116 e. The van der Waals surface area contributed by atoms with E-state index in [2.05, 4.69) is 37.6 Å². The molecule has 3 heteroatoms. The van der Waals surface area contributed by atoms with Crippen molar-refractivity contribution in [1.82, 2.24) is 9.88 Å². The third-order valence-electron chi connectivity index (χ3n) is 7.41. The molecular formula is C22H32N2O. The van der Waals surface area contributed by atoms with Crippen LogP contribution >= 0.6 is 0 Å². The Bertz CT molecular complexity index is 765. The lowest BCUT2D eigenvalue weighted by Crippen LogP contribution is -2.47. The van der Waals surface area contributed by atoms with E-state index in [1.807, 2.05) is 12.1 Å². The summed E-state index contributed by atoms with van der Waals surface area (Å²) in [6, 6.07) is 6.37. The number of hydrogen-bond donors (Lipinski definition) is 2.